The maximum Gasteiger partial charge on any atom is 0.204 e. The summed E-state index contributed by atoms with van der Waals surface area (Å²) in [7, 11) is 0. The van der Waals surface area contributed by atoms with Crippen molar-refractivity contribution in [2.24, 2.45) is 0 Å². The minimum atomic E-state index is -1.09. The lowest BCUT2D eigenvalue weighted by Gasteiger charge is -2.29. The van der Waals surface area contributed by atoms with Crippen molar-refractivity contribution >= 4 is 23.2 Å². The lowest BCUT2D eigenvalue weighted by atomic mass is 10.0. The Kier molecular flexibility index (Phi) is 5.84. The average molecular weight is 472 g/mol. The summed E-state index contributed by atoms with van der Waals surface area (Å²) in [5, 5.41) is 5.12. The highest BCUT2D eigenvalue weighted by Crippen LogP contribution is 2.41. The quantitative estimate of drug-likeness (QED) is 0.434. The molecule has 1 aliphatic rings. The van der Waals surface area contributed by atoms with E-state index < -0.39 is 5.79 Å². The van der Waals surface area contributed by atoms with E-state index in [2.05, 4.69) is 20.1 Å². The first-order valence-electron chi connectivity index (χ1n) is 9.95. The van der Waals surface area contributed by atoms with Gasteiger partial charge in [-0.25, -0.2) is 14.6 Å². The van der Waals surface area contributed by atoms with Crippen LogP contribution in [-0.4, -0.2) is 44.1 Å². The number of benzene rings is 2. The lowest BCUT2D eigenvalue weighted by Crippen LogP contribution is -2.33. The number of nitrogens with one attached hydrogen (secondary N) is 1. The summed E-state index contributed by atoms with van der Waals surface area (Å²) in [5.41, 5.74) is 1.59. The van der Waals surface area contributed by atoms with Gasteiger partial charge in [0, 0.05) is 23.0 Å². The van der Waals surface area contributed by atoms with Crippen LogP contribution in [0.1, 0.15) is 11.4 Å². The van der Waals surface area contributed by atoms with E-state index in [1.807, 2.05) is 30.3 Å². The molecule has 2 atom stereocenters. The van der Waals surface area contributed by atoms with E-state index in [-0.39, 0.29) is 6.10 Å². The fourth-order valence-corrected chi connectivity index (χ4v) is 4.17. The van der Waals surface area contributed by atoms with Crippen LogP contribution in [0, 0.1) is 0 Å². The second kappa shape index (κ2) is 8.91. The van der Waals surface area contributed by atoms with Crippen LogP contribution in [0.2, 0.25) is 10.0 Å². The number of aromatic amines is 1. The van der Waals surface area contributed by atoms with Gasteiger partial charge in [0.25, 0.3) is 0 Å². The predicted octanol–water partition coefficient (Wildman–Crippen LogP) is 4.19. The number of aromatic nitrogens is 5. The average Bonchev–Trinajstić information content (AvgIpc) is 3.56. The maximum atomic E-state index is 6.50. The van der Waals surface area contributed by atoms with Crippen LogP contribution in [0.5, 0.6) is 5.75 Å². The van der Waals surface area contributed by atoms with E-state index in [1.165, 1.54) is 6.33 Å². The Morgan fingerprint density at radius 1 is 1.19 bits per heavy atom. The molecule has 10 heteroatoms. The van der Waals surface area contributed by atoms with Crippen molar-refractivity contribution in [3.05, 3.63) is 88.9 Å². The first-order chi connectivity index (χ1) is 15.6. The Bertz CT molecular complexity index is 1170. The SMILES string of the molecule is Clc1ccc(C2(Cc3ncc[nH]3)OCC(COc3ccc(-n4cncn4)cc3)O2)c(Cl)c1. The van der Waals surface area contributed by atoms with Crippen LogP contribution in [-0.2, 0) is 21.7 Å². The summed E-state index contributed by atoms with van der Waals surface area (Å²) in [6.45, 7) is 0.657. The molecule has 1 fully saturated rings. The van der Waals surface area contributed by atoms with E-state index >= 15 is 0 Å². The van der Waals surface area contributed by atoms with E-state index in [9.17, 15) is 0 Å². The molecule has 1 aliphatic heterocycles. The van der Waals surface area contributed by atoms with Gasteiger partial charge in [-0.15, -0.1) is 0 Å². The molecule has 2 aromatic heterocycles. The minimum Gasteiger partial charge on any atom is -0.491 e. The fourth-order valence-electron chi connectivity index (χ4n) is 3.62. The highest BCUT2D eigenvalue weighted by molar-refractivity contribution is 6.35. The molecule has 4 aromatic rings. The minimum absolute atomic E-state index is 0.299. The van der Waals surface area contributed by atoms with Gasteiger partial charge in [0.1, 0.15) is 36.9 Å². The van der Waals surface area contributed by atoms with Gasteiger partial charge >= 0.3 is 0 Å². The normalized spacial score (nSPS) is 20.5. The van der Waals surface area contributed by atoms with Crippen LogP contribution in [0.3, 0.4) is 0 Å². The molecule has 0 spiro atoms. The van der Waals surface area contributed by atoms with Crippen molar-refractivity contribution in [3.8, 4) is 11.4 Å². The summed E-state index contributed by atoms with van der Waals surface area (Å²) in [4.78, 5) is 11.4. The highest BCUT2D eigenvalue weighted by Gasteiger charge is 2.45. The predicted molar refractivity (Wildman–Crippen MR) is 118 cm³/mol. The summed E-state index contributed by atoms with van der Waals surface area (Å²) in [6.07, 6.45) is 6.64. The maximum absolute atomic E-state index is 6.50. The zero-order valence-corrected chi connectivity index (χ0v) is 18.3. The van der Waals surface area contributed by atoms with Crippen LogP contribution in [0.15, 0.2) is 67.5 Å². The Labute approximate surface area is 194 Å². The molecule has 3 heterocycles. The van der Waals surface area contributed by atoms with Crippen LogP contribution < -0.4 is 4.74 Å². The molecule has 0 aliphatic carbocycles. The molecule has 5 rings (SSSR count). The van der Waals surface area contributed by atoms with Gasteiger partial charge in [-0.1, -0.05) is 29.3 Å². The molecule has 0 amide bonds. The zero-order chi connectivity index (χ0) is 22.0. The number of nitrogens with zero attached hydrogens (tertiary/aromatic N) is 4. The molecule has 0 saturated carbocycles. The summed E-state index contributed by atoms with van der Waals surface area (Å²) >= 11 is 12.6. The van der Waals surface area contributed by atoms with E-state index in [0.717, 1.165) is 11.5 Å². The van der Waals surface area contributed by atoms with Crippen LogP contribution in [0.4, 0.5) is 0 Å². The first-order valence-corrected chi connectivity index (χ1v) is 10.7. The Balaban J connectivity index is 1.30. The first kappa shape index (κ1) is 21.0. The Morgan fingerprint density at radius 2 is 2.06 bits per heavy atom. The van der Waals surface area contributed by atoms with Crippen molar-refractivity contribution in [2.75, 3.05) is 13.2 Å². The zero-order valence-electron chi connectivity index (χ0n) is 16.8. The van der Waals surface area contributed by atoms with Gasteiger partial charge in [-0.2, -0.15) is 5.10 Å². The summed E-state index contributed by atoms with van der Waals surface area (Å²) in [5.74, 6) is 0.344. The molecule has 32 heavy (non-hydrogen) atoms. The van der Waals surface area contributed by atoms with Crippen LogP contribution in [0.25, 0.3) is 5.69 Å². The van der Waals surface area contributed by atoms with E-state index in [4.69, 9.17) is 37.4 Å². The van der Waals surface area contributed by atoms with Crippen molar-refractivity contribution < 1.29 is 14.2 Å². The standard InChI is InChI=1S/C22H19Cl2N5O3/c23-15-1-6-19(20(24)9-15)22(10-21-26-7-8-27-21)31-12-18(32-22)11-30-17-4-2-16(3-5-17)29-14-25-13-28-29/h1-9,13-14,18H,10-12H2,(H,26,27). The monoisotopic (exact) mass is 471 g/mol. The number of hydrogen-bond donors (Lipinski definition) is 1. The topological polar surface area (TPSA) is 87.1 Å². The van der Waals surface area contributed by atoms with Crippen molar-refractivity contribution in [2.45, 2.75) is 18.3 Å². The van der Waals surface area contributed by atoms with E-state index in [0.29, 0.717) is 41.0 Å². The summed E-state index contributed by atoms with van der Waals surface area (Å²) < 4.78 is 20.2. The van der Waals surface area contributed by atoms with Gasteiger partial charge in [0.05, 0.1) is 23.7 Å². The third kappa shape index (κ3) is 4.35. The molecule has 2 aromatic carbocycles. The molecular formula is C22H19Cl2N5O3. The lowest BCUT2D eigenvalue weighted by molar-refractivity contribution is -0.179. The van der Waals surface area contributed by atoms with Gasteiger partial charge in [0.15, 0.2) is 0 Å². The molecule has 1 N–H and O–H groups in total. The van der Waals surface area contributed by atoms with Gasteiger partial charge in [-0.3, -0.25) is 0 Å². The largest absolute Gasteiger partial charge is 0.491 e. The molecule has 0 bridgehead atoms. The second-order valence-electron chi connectivity index (χ2n) is 7.29. The summed E-state index contributed by atoms with van der Waals surface area (Å²) in [6, 6.07) is 12.8. The molecule has 0 radical (unpaired) electrons. The van der Waals surface area contributed by atoms with E-state index in [1.54, 1.807) is 35.5 Å². The Hall–Kier alpha value is -2.91. The number of imidazole rings is 1. The highest BCUT2D eigenvalue weighted by atomic mass is 35.5. The van der Waals surface area contributed by atoms with Crippen molar-refractivity contribution in [3.63, 3.8) is 0 Å². The van der Waals surface area contributed by atoms with Crippen molar-refractivity contribution in [1.82, 2.24) is 24.7 Å². The molecule has 8 nitrogen and oxygen atoms in total. The third-order valence-electron chi connectivity index (χ3n) is 5.11. The Morgan fingerprint density at radius 3 is 2.78 bits per heavy atom. The number of H-pyrrole nitrogens is 1. The van der Waals surface area contributed by atoms with Gasteiger partial charge in [0.2, 0.25) is 5.79 Å². The molecule has 164 valence electrons. The second-order valence-corrected chi connectivity index (χ2v) is 8.13. The van der Waals surface area contributed by atoms with Gasteiger partial charge < -0.3 is 19.2 Å². The van der Waals surface area contributed by atoms with Crippen LogP contribution >= 0.6 is 23.2 Å². The van der Waals surface area contributed by atoms with Crippen molar-refractivity contribution in [1.29, 1.82) is 0 Å². The number of hydrogen-bond acceptors (Lipinski definition) is 6. The molecular weight excluding hydrogens is 453 g/mol. The third-order valence-corrected chi connectivity index (χ3v) is 5.66. The number of halogens is 2. The fraction of sp³-hybridized carbons (Fsp3) is 0.227. The smallest absolute Gasteiger partial charge is 0.204 e. The molecule has 1 saturated heterocycles. The number of rotatable bonds is 7. The van der Waals surface area contributed by atoms with Gasteiger partial charge in [-0.05, 0) is 36.4 Å². The number of ether oxygens (including phenoxy) is 3. The molecule has 2 unspecified atom stereocenters.